The summed E-state index contributed by atoms with van der Waals surface area (Å²) in [7, 11) is 0. The first-order chi connectivity index (χ1) is 12.0. The van der Waals surface area contributed by atoms with Crippen LogP contribution in [0.4, 0.5) is 31.8 Å². The van der Waals surface area contributed by atoms with E-state index in [1.807, 2.05) is 0 Å². The molecule has 124 valence electrons. The van der Waals surface area contributed by atoms with Gasteiger partial charge in [0.05, 0.1) is 11.6 Å². The van der Waals surface area contributed by atoms with Crippen molar-refractivity contribution in [3.63, 3.8) is 0 Å². The Bertz CT molecular complexity index is 946. The van der Waals surface area contributed by atoms with Crippen LogP contribution in [-0.4, -0.2) is 9.97 Å². The zero-order valence-electron chi connectivity index (χ0n) is 13.2. The first-order valence-corrected chi connectivity index (χ1v) is 7.39. The Kier molecular flexibility index (Phi) is 4.53. The Labute approximate surface area is 143 Å². The summed E-state index contributed by atoms with van der Waals surface area (Å²) in [5, 5.41) is 14.6. The van der Waals surface area contributed by atoms with Crippen molar-refractivity contribution in [2.24, 2.45) is 0 Å². The van der Waals surface area contributed by atoms with Gasteiger partial charge >= 0.3 is 0 Å². The first kappa shape index (κ1) is 16.3. The average molecular weight is 337 g/mol. The quantitative estimate of drug-likeness (QED) is 0.737. The zero-order chi connectivity index (χ0) is 17.8. The number of para-hydroxylation sites is 1. The molecule has 0 bridgehead atoms. The minimum absolute atomic E-state index is 0.246. The molecule has 0 aliphatic carbocycles. The predicted octanol–water partition coefficient (Wildman–Crippen LogP) is 4.42. The van der Waals surface area contributed by atoms with Gasteiger partial charge in [-0.25, -0.2) is 18.7 Å². The number of aromatic nitrogens is 2. The average Bonchev–Trinajstić information content (AvgIpc) is 2.58. The predicted molar refractivity (Wildman–Crippen MR) is 90.8 cm³/mol. The van der Waals surface area contributed by atoms with Gasteiger partial charge < -0.3 is 10.6 Å². The molecule has 0 aliphatic rings. The molecule has 0 spiro atoms. The fourth-order valence-electron chi connectivity index (χ4n) is 2.26. The summed E-state index contributed by atoms with van der Waals surface area (Å²) in [6.45, 7) is 1.67. The number of hydrogen-bond acceptors (Lipinski definition) is 5. The fourth-order valence-corrected chi connectivity index (χ4v) is 2.26. The Morgan fingerprint density at radius 2 is 1.56 bits per heavy atom. The van der Waals surface area contributed by atoms with Crippen LogP contribution in [0.1, 0.15) is 11.4 Å². The lowest BCUT2D eigenvalue weighted by Gasteiger charge is -2.11. The number of aryl methyl sites for hydroxylation is 1. The van der Waals surface area contributed by atoms with E-state index in [1.165, 1.54) is 12.1 Å². The third-order valence-electron chi connectivity index (χ3n) is 3.32. The van der Waals surface area contributed by atoms with Crippen LogP contribution in [0.2, 0.25) is 0 Å². The summed E-state index contributed by atoms with van der Waals surface area (Å²) in [5.74, 6) is -0.335. The number of anilines is 4. The van der Waals surface area contributed by atoms with E-state index in [2.05, 4.69) is 26.7 Å². The summed E-state index contributed by atoms with van der Waals surface area (Å²) >= 11 is 0. The summed E-state index contributed by atoms with van der Waals surface area (Å²) in [6, 6.07) is 14.1. The molecule has 3 aromatic rings. The van der Waals surface area contributed by atoms with Crippen molar-refractivity contribution >= 4 is 23.0 Å². The van der Waals surface area contributed by atoms with E-state index < -0.39 is 11.6 Å². The van der Waals surface area contributed by atoms with Gasteiger partial charge in [0.1, 0.15) is 34.8 Å². The number of benzene rings is 2. The van der Waals surface area contributed by atoms with Gasteiger partial charge in [0.15, 0.2) is 0 Å². The van der Waals surface area contributed by atoms with Gasteiger partial charge in [0.25, 0.3) is 0 Å². The van der Waals surface area contributed by atoms with E-state index in [1.54, 1.807) is 31.2 Å². The second kappa shape index (κ2) is 6.93. The molecule has 0 saturated heterocycles. The van der Waals surface area contributed by atoms with Crippen LogP contribution in [0.3, 0.4) is 0 Å². The molecule has 25 heavy (non-hydrogen) atoms. The van der Waals surface area contributed by atoms with Gasteiger partial charge in [0.2, 0.25) is 0 Å². The van der Waals surface area contributed by atoms with Gasteiger partial charge in [0, 0.05) is 11.8 Å². The molecular weight excluding hydrogens is 324 g/mol. The fraction of sp³-hybridized carbons (Fsp3) is 0.0556. The van der Waals surface area contributed by atoms with Crippen LogP contribution < -0.4 is 10.6 Å². The maximum atomic E-state index is 13.8. The second-order valence-corrected chi connectivity index (χ2v) is 5.22. The van der Waals surface area contributed by atoms with Crippen molar-refractivity contribution in [2.75, 3.05) is 10.6 Å². The molecule has 0 atom stereocenters. The van der Waals surface area contributed by atoms with Crippen molar-refractivity contribution < 1.29 is 8.78 Å². The summed E-state index contributed by atoms with van der Waals surface area (Å²) < 4.78 is 27.6. The van der Waals surface area contributed by atoms with Crippen molar-refractivity contribution in [3.05, 3.63) is 71.6 Å². The van der Waals surface area contributed by atoms with E-state index in [0.717, 1.165) is 12.1 Å². The van der Waals surface area contributed by atoms with Gasteiger partial charge in [-0.05, 0) is 37.3 Å². The highest BCUT2D eigenvalue weighted by molar-refractivity contribution is 5.64. The molecule has 0 fully saturated rings. The molecule has 0 unspecified atom stereocenters. The normalized spacial score (nSPS) is 10.2. The molecule has 0 radical (unpaired) electrons. The molecule has 1 aromatic heterocycles. The van der Waals surface area contributed by atoms with Crippen LogP contribution >= 0.6 is 0 Å². The molecule has 2 N–H and O–H groups in total. The number of rotatable bonds is 4. The summed E-state index contributed by atoms with van der Waals surface area (Å²) in [5.41, 5.74) is 0.890. The molecule has 0 aliphatic heterocycles. The van der Waals surface area contributed by atoms with E-state index in [4.69, 9.17) is 5.26 Å². The highest BCUT2D eigenvalue weighted by atomic mass is 19.1. The number of nitrogens with zero attached hydrogens (tertiary/aromatic N) is 3. The summed E-state index contributed by atoms with van der Waals surface area (Å²) in [4.78, 5) is 8.38. The van der Waals surface area contributed by atoms with Gasteiger partial charge in [-0.2, -0.15) is 5.26 Å². The van der Waals surface area contributed by atoms with Crippen LogP contribution in [0.15, 0.2) is 48.5 Å². The Balaban J connectivity index is 1.89. The lowest BCUT2D eigenvalue weighted by Crippen LogP contribution is -2.03. The van der Waals surface area contributed by atoms with Crippen molar-refractivity contribution in [3.8, 4) is 6.07 Å². The standard InChI is InChI=1S/C18H13F2N5/c1-11-22-16(24-13-5-2-4-12(8-13)10-21)9-17(23-11)25-18-14(19)6-3-7-15(18)20/h2-9H,1H3,(H2,22,23,24,25). The monoisotopic (exact) mass is 337 g/mol. The largest absolute Gasteiger partial charge is 0.340 e. The number of halogens is 2. The second-order valence-electron chi connectivity index (χ2n) is 5.22. The molecule has 3 rings (SSSR count). The van der Waals surface area contributed by atoms with E-state index in [0.29, 0.717) is 22.9 Å². The lowest BCUT2D eigenvalue weighted by molar-refractivity contribution is 0.590. The van der Waals surface area contributed by atoms with Crippen molar-refractivity contribution in [1.29, 1.82) is 5.26 Å². The highest BCUT2D eigenvalue weighted by Gasteiger charge is 2.10. The summed E-state index contributed by atoms with van der Waals surface area (Å²) in [6.07, 6.45) is 0. The SMILES string of the molecule is Cc1nc(Nc2cccc(C#N)c2)cc(Nc2c(F)cccc2F)n1. The number of nitrogens with one attached hydrogen (secondary N) is 2. The van der Waals surface area contributed by atoms with Crippen LogP contribution in [-0.2, 0) is 0 Å². The minimum atomic E-state index is -0.715. The lowest BCUT2D eigenvalue weighted by atomic mass is 10.2. The van der Waals surface area contributed by atoms with Gasteiger partial charge in [-0.1, -0.05) is 12.1 Å². The Morgan fingerprint density at radius 1 is 0.920 bits per heavy atom. The molecule has 5 nitrogen and oxygen atoms in total. The van der Waals surface area contributed by atoms with Crippen LogP contribution in [0, 0.1) is 29.9 Å². The third kappa shape index (κ3) is 3.87. The van der Waals surface area contributed by atoms with E-state index in [-0.39, 0.29) is 11.5 Å². The van der Waals surface area contributed by atoms with E-state index in [9.17, 15) is 8.78 Å². The van der Waals surface area contributed by atoms with Gasteiger partial charge in [-0.15, -0.1) is 0 Å². The molecule has 2 aromatic carbocycles. The number of nitriles is 1. The molecule has 0 saturated carbocycles. The van der Waals surface area contributed by atoms with Crippen LogP contribution in [0.5, 0.6) is 0 Å². The molecule has 0 amide bonds. The molecule has 1 heterocycles. The van der Waals surface area contributed by atoms with Crippen molar-refractivity contribution in [1.82, 2.24) is 9.97 Å². The molecular formula is C18H13F2N5. The third-order valence-corrected chi connectivity index (χ3v) is 3.32. The highest BCUT2D eigenvalue weighted by Crippen LogP contribution is 2.24. The first-order valence-electron chi connectivity index (χ1n) is 7.39. The molecule has 7 heteroatoms. The Hall–Kier alpha value is -3.53. The van der Waals surface area contributed by atoms with Gasteiger partial charge in [-0.3, -0.25) is 0 Å². The smallest absolute Gasteiger partial charge is 0.149 e. The Morgan fingerprint density at radius 3 is 2.24 bits per heavy atom. The maximum Gasteiger partial charge on any atom is 0.149 e. The topological polar surface area (TPSA) is 73.6 Å². The van der Waals surface area contributed by atoms with Crippen LogP contribution in [0.25, 0.3) is 0 Å². The minimum Gasteiger partial charge on any atom is -0.340 e. The van der Waals surface area contributed by atoms with E-state index >= 15 is 0 Å². The number of hydrogen-bond donors (Lipinski definition) is 2. The van der Waals surface area contributed by atoms with Crippen molar-refractivity contribution in [2.45, 2.75) is 6.92 Å². The zero-order valence-corrected chi connectivity index (χ0v) is 13.2. The maximum absolute atomic E-state index is 13.8.